The highest BCUT2D eigenvalue weighted by Crippen LogP contribution is 1.54. The third kappa shape index (κ3) is 10.8. The van der Waals surface area contributed by atoms with Gasteiger partial charge in [0.2, 0.25) is 0 Å². The summed E-state index contributed by atoms with van der Waals surface area (Å²) in [6.07, 6.45) is -1.18. The van der Waals surface area contributed by atoms with Gasteiger partial charge in [-0.3, -0.25) is 4.84 Å². The predicted octanol–water partition coefficient (Wildman–Crippen LogP) is 0.237. The molecule has 5 heteroatoms. The van der Waals surface area contributed by atoms with Crippen LogP contribution in [-0.2, 0) is 4.84 Å². The number of amides is 1. The van der Waals surface area contributed by atoms with E-state index in [1.807, 2.05) is 0 Å². The first-order valence-electron chi connectivity index (χ1n) is 1.29. The summed E-state index contributed by atoms with van der Waals surface area (Å²) in [7, 11) is 1.23. The minimum absolute atomic E-state index is 0. The summed E-state index contributed by atoms with van der Waals surface area (Å²) >= 11 is 0. The second-order valence-electron chi connectivity index (χ2n) is 0.611. The largest absolute Gasteiger partial charge is 0.464 e. The number of hydrogen-bond acceptors (Lipinski definition) is 2. The average molecular weight is 128 g/mol. The molecule has 0 rings (SSSR count). The van der Waals surface area contributed by atoms with Gasteiger partial charge in [-0.15, -0.1) is 12.4 Å². The fourth-order valence-electron chi connectivity index (χ4n) is 0.0873. The summed E-state index contributed by atoms with van der Waals surface area (Å²) in [5, 5.41) is 7.68. The van der Waals surface area contributed by atoms with E-state index in [1.54, 1.807) is 5.48 Å². The molecule has 0 aromatic rings. The van der Waals surface area contributed by atoms with Crippen LogP contribution in [0.3, 0.4) is 0 Å². The maximum atomic E-state index is 9.36. The SMILES string of the molecule is CONC(=O)O.Cl. The van der Waals surface area contributed by atoms with E-state index in [1.165, 1.54) is 7.11 Å². The highest BCUT2D eigenvalue weighted by molar-refractivity contribution is 5.85. The fraction of sp³-hybridized carbons (Fsp3) is 0.500. The molecular weight excluding hydrogens is 121 g/mol. The molecule has 0 aliphatic rings. The second-order valence-corrected chi connectivity index (χ2v) is 0.611. The first kappa shape index (κ1) is 9.72. The smallest absolute Gasteiger partial charge is 0.428 e. The van der Waals surface area contributed by atoms with Crippen molar-refractivity contribution in [3.63, 3.8) is 0 Å². The summed E-state index contributed by atoms with van der Waals surface area (Å²) in [4.78, 5) is 13.3. The molecule has 2 N–H and O–H groups in total. The third-order valence-electron chi connectivity index (χ3n) is 0.189. The highest BCUT2D eigenvalue weighted by Gasteiger charge is 1.83. The molecule has 0 aromatic carbocycles. The second kappa shape index (κ2) is 5.52. The van der Waals surface area contributed by atoms with E-state index in [-0.39, 0.29) is 12.4 Å². The van der Waals surface area contributed by atoms with Gasteiger partial charge in [0.25, 0.3) is 0 Å². The number of carbonyl (C=O) groups is 1. The summed E-state index contributed by atoms with van der Waals surface area (Å²) in [5.74, 6) is 0. The number of halogens is 1. The normalized spacial score (nSPS) is 6.43. The Kier molecular flexibility index (Phi) is 7.67. The maximum Gasteiger partial charge on any atom is 0.428 e. The van der Waals surface area contributed by atoms with Gasteiger partial charge in [0.05, 0.1) is 7.11 Å². The Morgan fingerprint density at radius 2 is 2.29 bits per heavy atom. The van der Waals surface area contributed by atoms with E-state index in [4.69, 9.17) is 5.11 Å². The number of rotatable bonds is 1. The van der Waals surface area contributed by atoms with Crippen LogP contribution in [0.5, 0.6) is 0 Å². The van der Waals surface area contributed by atoms with Gasteiger partial charge in [-0.2, -0.15) is 0 Å². The predicted molar refractivity (Wildman–Crippen MR) is 25.4 cm³/mol. The molecule has 4 nitrogen and oxygen atoms in total. The zero-order valence-electron chi connectivity index (χ0n) is 3.67. The molecule has 1 amide bonds. The molecule has 0 fully saturated rings. The monoisotopic (exact) mass is 127 g/mol. The molecule has 0 saturated heterocycles. The fourth-order valence-corrected chi connectivity index (χ4v) is 0.0873. The Bertz CT molecular complexity index is 56.9. The number of nitrogens with one attached hydrogen (secondary N) is 1. The number of carboxylic acid groups (broad SMARTS) is 1. The molecule has 0 heterocycles. The van der Waals surface area contributed by atoms with Crippen LogP contribution in [0.1, 0.15) is 0 Å². The minimum atomic E-state index is -1.18. The van der Waals surface area contributed by atoms with Crippen molar-refractivity contribution in [3.8, 4) is 0 Å². The van der Waals surface area contributed by atoms with Gasteiger partial charge < -0.3 is 5.11 Å². The van der Waals surface area contributed by atoms with Crippen molar-refractivity contribution < 1.29 is 14.7 Å². The molecule has 7 heavy (non-hydrogen) atoms. The van der Waals surface area contributed by atoms with Crippen LogP contribution in [0.2, 0.25) is 0 Å². The molecule has 0 atom stereocenters. The molecule has 0 bridgehead atoms. The third-order valence-corrected chi connectivity index (χ3v) is 0.189. The van der Waals surface area contributed by atoms with Crippen LogP contribution in [0.4, 0.5) is 4.79 Å². The lowest BCUT2D eigenvalue weighted by molar-refractivity contribution is 0.0805. The molecular formula is C2H6ClNO3. The van der Waals surface area contributed by atoms with E-state index >= 15 is 0 Å². The Labute approximate surface area is 46.8 Å². The van der Waals surface area contributed by atoms with Crippen molar-refractivity contribution in [2.75, 3.05) is 7.11 Å². The number of hydroxylamine groups is 1. The molecule has 0 aliphatic carbocycles. The van der Waals surface area contributed by atoms with E-state index in [0.29, 0.717) is 0 Å². The van der Waals surface area contributed by atoms with Crippen LogP contribution in [0.15, 0.2) is 0 Å². The molecule has 0 radical (unpaired) electrons. The number of hydrogen-bond donors (Lipinski definition) is 2. The van der Waals surface area contributed by atoms with E-state index in [9.17, 15) is 4.79 Å². The highest BCUT2D eigenvalue weighted by atomic mass is 35.5. The molecule has 0 aliphatic heterocycles. The van der Waals surface area contributed by atoms with E-state index in [2.05, 4.69) is 4.84 Å². The summed E-state index contributed by atoms with van der Waals surface area (Å²) in [6.45, 7) is 0. The van der Waals surface area contributed by atoms with Crippen molar-refractivity contribution in [3.05, 3.63) is 0 Å². The van der Waals surface area contributed by atoms with Crippen molar-refractivity contribution in [2.24, 2.45) is 0 Å². The Morgan fingerprint density at radius 1 is 1.86 bits per heavy atom. The first-order valence-corrected chi connectivity index (χ1v) is 1.29. The van der Waals surface area contributed by atoms with Gasteiger partial charge in [0.15, 0.2) is 0 Å². The van der Waals surface area contributed by atoms with Crippen molar-refractivity contribution >= 4 is 18.5 Å². The van der Waals surface area contributed by atoms with Gasteiger partial charge >= 0.3 is 6.09 Å². The van der Waals surface area contributed by atoms with Gasteiger partial charge in [-0.25, -0.2) is 10.3 Å². The van der Waals surface area contributed by atoms with Gasteiger partial charge in [-0.05, 0) is 0 Å². The Morgan fingerprint density at radius 3 is 2.29 bits per heavy atom. The topological polar surface area (TPSA) is 58.6 Å². The zero-order valence-corrected chi connectivity index (χ0v) is 4.49. The van der Waals surface area contributed by atoms with Gasteiger partial charge in [0.1, 0.15) is 0 Å². The first-order chi connectivity index (χ1) is 2.77. The van der Waals surface area contributed by atoms with Crippen molar-refractivity contribution in [1.29, 1.82) is 0 Å². The lowest BCUT2D eigenvalue weighted by Gasteiger charge is -1.88. The van der Waals surface area contributed by atoms with E-state index in [0.717, 1.165) is 0 Å². The van der Waals surface area contributed by atoms with Crippen LogP contribution in [0.25, 0.3) is 0 Å². The maximum absolute atomic E-state index is 9.36. The molecule has 0 aromatic heterocycles. The molecule has 0 saturated carbocycles. The summed E-state index contributed by atoms with van der Waals surface area (Å²) in [6, 6.07) is 0. The zero-order chi connectivity index (χ0) is 4.99. The van der Waals surface area contributed by atoms with Crippen LogP contribution in [0, 0.1) is 0 Å². The summed E-state index contributed by atoms with van der Waals surface area (Å²) in [5.41, 5.74) is 1.62. The lowest BCUT2D eigenvalue weighted by Crippen LogP contribution is -2.18. The van der Waals surface area contributed by atoms with Crippen LogP contribution >= 0.6 is 12.4 Å². The minimum Gasteiger partial charge on any atom is -0.464 e. The lowest BCUT2D eigenvalue weighted by atomic mass is 11.3. The van der Waals surface area contributed by atoms with E-state index < -0.39 is 6.09 Å². The molecule has 0 spiro atoms. The van der Waals surface area contributed by atoms with Crippen LogP contribution < -0.4 is 5.48 Å². The molecule has 44 valence electrons. The molecule has 0 unspecified atom stereocenters. The Balaban J connectivity index is 0. The Hall–Kier alpha value is -0.480. The quantitative estimate of drug-likeness (QED) is 0.496. The van der Waals surface area contributed by atoms with Crippen molar-refractivity contribution in [2.45, 2.75) is 0 Å². The average Bonchev–Trinajstić information content (AvgIpc) is 1.35. The van der Waals surface area contributed by atoms with Crippen molar-refractivity contribution in [1.82, 2.24) is 5.48 Å². The standard InChI is InChI=1S/C2H5NO3.ClH/c1-6-3-2(4)5;/h3H,1H3,(H,4,5);1H. The van der Waals surface area contributed by atoms with Crippen LogP contribution in [-0.4, -0.2) is 18.3 Å². The summed E-state index contributed by atoms with van der Waals surface area (Å²) < 4.78 is 0. The van der Waals surface area contributed by atoms with Gasteiger partial charge in [0, 0.05) is 0 Å². The van der Waals surface area contributed by atoms with Gasteiger partial charge in [-0.1, -0.05) is 0 Å².